The fourth-order valence-corrected chi connectivity index (χ4v) is 1.00. The average molecular weight is 179 g/mol. The minimum Gasteiger partial charge on any atom is -0.122 e. The summed E-state index contributed by atoms with van der Waals surface area (Å²) in [4.78, 5) is 0. The van der Waals surface area contributed by atoms with E-state index in [9.17, 15) is 0 Å². The topological polar surface area (TPSA) is 0 Å². The van der Waals surface area contributed by atoms with Crippen molar-refractivity contribution >= 4 is 11.6 Å². The summed E-state index contributed by atoms with van der Waals surface area (Å²) in [6.45, 7) is 0. The zero-order chi connectivity index (χ0) is 8.65. The normalized spacial score (nSPS) is 8.75. The van der Waals surface area contributed by atoms with Crippen LogP contribution in [0.5, 0.6) is 0 Å². The molecule has 1 aromatic carbocycles. The van der Waals surface area contributed by atoms with Crippen molar-refractivity contribution < 1.29 is 0 Å². The van der Waals surface area contributed by atoms with E-state index in [0.717, 1.165) is 5.56 Å². The van der Waals surface area contributed by atoms with Crippen LogP contribution in [0, 0.1) is 0 Å². The first-order valence-corrected chi connectivity index (χ1v) is 4.40. The maximum Gasteiger partial charge on any atom is 0.0474 e. The lowest BCUT2D eigenvalue weighted by atomic mass is 10.3. The fraction of sp³-hybridized carbons (Fsp3) is 0.0909. The van der Waals surface area contributed by atoms with Crippen LogP contribution in [0.2, 0.25) is 0 Å². The van der Waals surface area contributed by atoms with E-state index >= 15 is 0 Å². The van der Waals surface area contributed by atoms with Gasteiger partial charge in [-0.2, -0.15) is 0 Å². The van der Waals surface area contributed by atoms with Crippen molar-refractivity contribution in [3.05, 3.63) is 60.2 Å². The molecule has 0 unspecified atom stereocenters. The summed E-state index contributed by atoms with van der Waals surface area (Å²) in [6, 6.07) is 17.9. The van der Waals surface area contributed by atoms with Crippen LogP contribution in [0.3, 0.4) is 0 Å². The molecule has 0 aliphatic heterocycles. The second kappa shape index (κ2) is 5.62. The van der Waals surface area contributed by atoms with Gasteiger partial charge in [-0.05, 0) is 5.56 Å². The Labute approximate surface area is 78.1 Å². The van der Waals surface area contributed by atoms with Gasteiger partial charge in [-0.15, -0.1) is 11.6 Å². The molecule has 1 rings (SSSR count). The third kappa shape index (κ3) is 3.40. The molecule has 0 fully saturated rings. The van der Waals surface area contributed by atoms with Crippen LogP contribution in [0.4, 0.5) is 0 Å². The van der Waals surface area contributed by atoms with Gasteiger partial charge in [-0.25, -0.2) is 0 Å². The molecule has 62 valence electrons. The van der Waals surface area contributed by atoms with Gasteiger partial charge in [-0.3, -0.25) is 0 Å². The highest BCUT2D eigenvalue weighted by molar-refractivity contribution is 6.17. The summed E-state index contributed by atoms with van der Waals surface area (Å²) in [6.07, 6.45) is 0. The van der Waals surface area contributed by atoms with Crippen LogP contribution >= 0.6 is 11.6 Å². The molecule has 0 aliphatic carbocycles. The predicted octanol–water partition coefficient (Wildman–Crippen LogP) is 3.55. The third-order valence-electron chi connectivity index (χ3n) is 1.44. The molecular weight excluding hydrogens is 168 g/mol. The quantitative estimate of drug-likeness (QED) is 0.577. The minimum absolute atomic E-state index is 0.554. The van der Waals surface area contributed by atoms with E-state index in [1.807, 2.05) is 54.6 Å². The Balaban J connectivity index is 3.07. The van der Waals surface area contributed by atoms with Gasteiger partial charge >= 0.3 is 0 Å². The molecule has 0 aliphatic rings. The van der Waals surface area contributed by atoms with E-state index < -0.39 is 0 Å². The smallest absolute Gasteiger partial charge is 0.0474 e. The molecule has 0 atom stereocenters. The highest BCUT2D eigenvalue weighted by Gasteiger charge is 1.79. The molecule has 0 nitrogen and oxygen atoms in total. The summed E-state index contributed by atoms with van der Waals surface area (Å²) < 4.78 is 0. The van der Waals surface area contributed by atoms with Gasteiger partial charge in [0.2, 0.25) is 0 Å². The second-order valence-electron chi connectivity index (χ2n) is 2.39. The van der Waals surface area contributed by atoms with E-state index in [1.165, 1.54) is 0 Å². The maximum atomic E-state index is 5.70. The molecule has 0 bridgehead atoms. The number of hydrogen-bond donors (Lipinski definition) is 0. The monoisotopic (exact) mass is 178 g/mol. The second-order valence-corrected chi connectivity index (χ2v) is 2.66. The molecule has 0 heterocycles. The summed E-state index contributed by atoms with van der Waals surface area (Å²) >= 11 is 5.70. The SMILES string of the molecule is ClCc1ccccccccc1. The lowest BCUT2D eigenvalue weighted by Crippen LogP contribution is -1.69. The minimum atomic E-state index is 0.554. The van der Waals surface area contributed by atoms with E-state index in [1.54, 1.807) is 0 Å². The molecular formula is C11H11Cl. The standard InChI is InChI=1S/C11H11Cl/c12-10-11-8-6-4-2-1-3-5-7-9-11/h1-9H,10H2. The Morgan fingerprint density at radius 1 is 0.750 bits per heavy atom. The van der Waals surface area contributed by atoms with Crippen molar-refractivity contribution in [2.45, 2.75) is 5.88 Å². The van der Waals surface area contributed by atoms with Crippen LogP contribution < -0.4 is 0 Å². The summed E-state index contributed by atoms with van der Waals surface area (Å²) in [5, 5.41) is 0. The lowest BCUT2D eigenvalue weighted by molar-refractivity contribution is 1.42. The first-order chi connectivity index (χ1) is 5.93. The fourth-order valence-electron chi connectivity index (χ4n) is 0.824. The van der Waals surface area contributed by atoms with Crippen molar-refractivity contribution in [1.82, 2.24) is 0 Å². The van der Waals surface area contributed by atoms with Gasteiger partial charge in [0, 0.05) is 5.88 Å². The Bertz CT molecular complexity index is 255. The van der Waals surface area contributed by atoms with E-state index in [0.29, 0.717) is 5.88 Å². The lowest BCUT2D eigenvalue weighted by Gasteiger charge is -1.85. The van der Waals surface area contributed by atoms with E-state index in [2.05, 4.69) is 0 Å². The Kier molecular flexibility index (Phi) is 4.25. The van der Waals surface area contributed by atoms with Crippen LogP contribution in [-0.4, -0.2) is 0 Å². The highest BCUT2D eigenvalue weighted by atomic mass is 35.5. The Hall–Kier alpha value is -1.01. The molecule has 0 N–H and O–H groups in total. The van der Waals surface area contributed by atoms with Gasteiger partial charge in [0.1, 0.15) is 0 Å². The van der Waals surface area contributed by atoms with Crippen molar-refractivity contribution in [2.75, 3.05) is 0 Å². The Morgan fingerprint density at radius 2 is 1.17 bits per heavy atom. The maximum absolute atomic E-state index is 5.70. The van der Waals surface area contributed by atoms with Gasteiger partial charge in [0.25, 0.3) is 0 Å². The molecule has 0 saturated heterocycles. The summed E-state index contributed by atoms with van der Waals surface area (Å²) in [5.74, 6) is 0.554. The predicted molar refractivity (Wildman–Crippen MR) is 53.6 cm³/mol. The number of halogens is 1. The van der Waals surface area contributed by atoms with Crippen LogP contribution in [0.25, 0.3) is 0 Å². The largest absolute Gasteiger partial charge is 0.122 e. The number of hydrogen-bond acceptors (Lipinski definition) is 0. The van der Waals surface area contributed by atoms with Gasteiger partial charge in [0.05, 0.1) is 0 Å². The number of rotatable bonds is 1. The highest BCUT2D eigenvalue weighted by Crippen LogP contribution is 1.98. The number of alkyl halides is 1. The van der Waals surface area contributed by atoms with Crippen molar-refractivity contribution in [2.24, 2.45) is 0 Å². The van der Waals surface area contributed by atoms with E-state index in [-0.39, 0.29) is 0 Å². The molecule has 0 spiro atoms. The molecule has 12 heavy (non-hydrogen) atoms. The van der Waals surface area contributed by atoms with Gasteiger partial charge in [-0.1, -0.05) is 54.6 Å². The van der Waals surface area contributed by atoms with Crippen molar-refractivity contribution in [1.29, 1.82) is 0 Å². The first-order valence-electron chi connectivity index (χ1n) is 3.86. The van der Waals surface area contributed by atoms with Crippen molar-refractivity contribution in [3.8, 4) is 0 Å². The molecule has 0 radical (unpaired) electrons. The van der Waals surface area contributed by atoms with Crippen LogP contribution in [0.15, 0.2) is 54.6 Å². The molecule has 1 heteroatoms. The van der Waals surface area contributed by atoms with Crippen LogP contribution in [0.1, 0.15) is 5.56 Å². The summed E-state index contributed by atoms with van der Waals surface area (Å²) in [7, 11) is 0. The first kappa shape index (κ1) is 9.08. The molecule has 0 amide bonds. The molecule has 0 aromatic heterocycles. The third-order valence-corrected chi connectivity index (χ3v) is 1.75. The molecule has 1 aromatic rings. The average Bonchev–Trinajstić information content (AvgIpc) is 2.14. The van der Waals surface area contributed by atoms with E-state index in [4.69, 9.17) is 11.6 Å². The molecule has 0 saturated carbocycles. The van der Waals surface area contributed by atoms with Gasteiger partial charge in [0.15, 0.2) is 0 Å². The zero-order valence-corrected chi connectivity index (χ0v) is 7.54. The van der Waals surface area contributed by atoms with Crippen LogP contribution in [-0.2, 0) is 5.88 Å². The van der Waals surface area contributed by atoms with Crippen molar-refractivity contribution in [3.63, 3.8) is 0 Å². The zero-order valence-electron chi connectivity index (χ0n) is 6.78. The summed E-state index contributed by atoms with van der Waals surface area (Å²) in [5.41, 5.74) is 1.12. The Morgan fingerprint density at radius 3 is 1.58 bits per heavy atom. The van der Waals surface area contributed by atoms with Gasteiger partial charge < -0.3 is 0 Å².